The van der Waals surface area contributed by atoms with Crippen LogP contribution in [0.1, 0.15) is 0 Å². The first-order valence-electron chi connectivity index (χ1n) is 23.8. The topological polar surface area (TPSA) is 14.8 Å². The molecular formula is C66H43N3. The van der Waals surface area contributed by atoms with Crippen LogP contribution in [0.4, 0.5) is 0 Å². The zero-order valence-corrected chi connectivity index (χ0v) is 37.7. The van der Waals surface area contributed by atoms with E-state index in [4.69, 9.17) is 0 Å². The van der Waals surface area contributed by atoms with Gasteiger partial charge in [0.05, 0.1) is 44.5 Å². The van der Waals surface area contributed by atoms with E-state index in [0.717, 1.165) is 33.7 Å². The maximum absolute atomic E-state index is 2.51. The molecule has 0 spiro atoms. The molecular weight excluding hydrogens is 835 g/mol. The Hall–Kier alpha value is -9.18. The Bertz CT molecular complexity index is 4270. The van der Waals surface area contributed by atoms with E-state index in [1.54, 1.807) is 0 Å². The summed E-state index contributed by atoms with van der Waals surface area (Å²) in [5.74, 6) is 0. The molecule has 11 aromatic carbocycles. The number of nitrogens with zero attached hydrogens (tertiary/aromatic N) is 3. The third-order valence-corrected chi connectivity index (χ3v) is 14.2. The first kappa shape index (κ1) is 39.0. The van der Waals surface area contributed by atoms with Crippen molar-refractivity contribution in [3.8, 4) is 61.6 Å². The van der Waals surface area contributed by atoms with Crippen molar-refractivity contribution < 1.29 is 0 Å². The van der Waals surface area contributed by atoms with Gasteiger partial charge < -0.3 is 13.7 Å². The van der Waals surface area contributed by atoms with Gasteiger partial charge in [-0.3, -0.25) is 0 Å². The van der Waals surface area contributed by atoms with Crippen LogP contribution in [0, 0.1) is 0 Å². The lowest BCUT2D eigenvalue weighted by atomic mass is 9.96. The molecule has 0 aliphatic heterocycles. The highest BCUT2D eigenvalue weighted by molar-refractivity contribution is 6.26. The molecule has 0 amide bonds. The van der Waals surface area contributed by atoms with Gasteiger partial charge in [0.1, 0.15) is 0 Å². The smallest absolute Gasteiger partial charge is 0.0641 e. The van der Waals surface area contributed by atoms with E-state index in [0.29, 0.717) is 0 Å². The molecule has 0 atom stereocenters. The van der Waals surface area contributed by atoms with Crippen LogP contribution in [0.5, 0.6) is 0 Å². The summed E-state index contributed by atoms with van der Waals surface area (Å²) in [7, 11) is 0. The van der Waals surface area contributed by atoms with Gasteiger partial charge >= 0.3 is 0 Å². The van der Waals surface area contributed by atoms with Crippen LogP contribution in [0.25, 0.3) is 127 Å². The highest BCUT2D eigenvalue weighted by atomic mass is 15.0. The quantitative estimate of drug-likeness (QED) is 0.152. The fourth-order valence-electron chi connectivity index (χ4n) is 11.2. The third kappa shape index (κ3) is 6.14. The number of rotatable bonds is 7. The average molecular weight is 878 g/mol. The second-order valence-corrected chi connectivity index (χ2v) is 18.0. The molecule has 0 fully saturated rings. The lowest BCUT2D eigenvalue weighted by molar-refractivity contribution is 1.17. The zero-order chi connectivity index (χ0) is 45.4. The molecule has 0 saturated heterocycles. The predicted molar refractivity (Wildman–Crippen MR) is 291 cm³/mol. The summed E-state index contributed by atoms with van der Waals surface area (Å²) < 4.78 is 7.47. The summed E-state index contributed by atoms with van der Waals surface area (Å²) in [4.78, 5) is 0. The van der Waals surface area contributed by atoms with Crippen LogP contribution >= 0.6 is 0 Å². The van der Waals surface area contributed by atoms with E-state index in [2.05, 4.69) is 275 Å². The summed E-state index contributed by atoms with van der Waals surface area (Å²) >= 11 is 0. The standard InChI is InChI=1S/C66H43N3/c1-5-19-44(20-6-1)47-34-38-61(56(41-47)46-23-9-3-10-24-46)69-59-31-17-13-27-51(59)53-36-33-49(43-64(53)69)57-42-48(45-21-7-2-8-22-45)35-39-62(57)68-60-32-18-15-29-55(60)65-63(68)40-37-54-52-28-14-16-30-58(52)67(66(54)65)50-25-11-4-12-26-50/h1-43H. The first-order valence-corrected chi connectivity index (χ1v) is 23.8. The average Bonchev–Trinajstić information content (AvgIpc) is 4.07. The summed E-state index contributed by atoms with van der Waals surface area (Å²) in [5.41, 5.74) is 19.9. The van der Waals surface area contributed by atoms with Gasteiger partial charge in [0.2, 0.25) is 0 Å². The Morgan fingerprint density at radius 2 is 0.638 bits per heavy atom. The van der Waals surface area contributed by atoms with Crippen molar-refractivity contribution in [3.63, 3.8) is 0 Å². The van der Waals surface area contributed by atoms with Crippen molar-refractivity contribution in [2.45, 2.75) is 0 Å². The monoisotopic (exact) mass is 877 g/mol. The molecule has 3 aromatic heterocycles. The molecule has 0 aliphatic carbocycles. The summed E-state index contributed by atoms with van der Waals surface area (Å²) in [6.07, 6.45) is 0. The van der Waals surface area contributed by atoms with Crippen molar-refractivity contribution in [1.82, 2.24) is 13.7 Å². The van der Waals surface area contributed by atoms with Gasteiger partial charge in [0.25, 0.3) is 0 Å². The Morgan fingerprint density at radius 3 is 1.25 bits per heavy atom. The van der Waals surface area contributed by atoms with E-state index >= 15 is 0 Å². The molecule has 0 N–H and O–H groups in total. The summed E-state index contributed by atoms with van der Waals surface area (Å²) in [6, 6.07) is 95.6. The van der Waals surface area contributed by atoms with Crippen LogP contribution in [-0.2, 0) is 0 Å². The number of fused-ring (bicyclic) bond motifs is 10. The number of hydrogen-bond acceptors (Lipinski definition) is 0. The molecule has 3 nitrogen and oxygen atoms in total. The minimum Gasteiger partial charge on any atom is -0.309 e. The summed E-state index contributed by atoms with van der Waals surface area (Å²) in [5, 5.41) is 7.40. The number of hydrogen-bond donors (Lipinski definition) is 0. The van der Waals surface area contributed by atoms with Gasteiger partial charge in [-0.15, -0.1) is 0 Å². The lowest BCUT2D eigenvalue weighted by Crippen LogP contribution is -2.00. The van der Waals surface area contributed by atoms with Gasteiger partial charge in [0.15, 0.2) is 0 Å². The SMILES string of the molecule is c1ccc(-c2ccc(-n3c4ccccc4c4ccc(-c5cc(-c6ccccc6)ccc5-n5c6ccccc6c6c5ccc5c7ccccc7n(-c7ccccc7)c56)cc43)c(-c3ccccc3)c2)cc1. The number of benzene rings is 11. The molecule has 0 unspecified atom stereocenters. The summed E-state index contributed by atoms with van der Waals surface area (Å²) in [6.45, 7) is 0. The molecule has 0 bridgehead atoms. The van der Waals surface area contributed by atoms with Gasteiger partial charge in [-0.1, -0.05) is 194 Å². The maximum Gasteiger partial charge on any atom is 0.0641 e. The van der Waals surface area contributed by atoms with Crippen LogP contribution < -0.4 is 0 Å². The van der Waals surface area contributed by atoms with E-state index < -0.39 is 0 Å². The van der Waals surface area contributed by atoms with Crippen LogP contribution in [0.15, 0.2) is 261 Å². The van der Waals surface area contributed by atoms with Crippen molar-refractivity contribution in [3.05, 3.63) is 261 Å². The second kappa shape index (κ2) is 15.7. The van der Waals surface area contributed by atoms with Crippen LogP contribution in [-0.4, -0.2) is 13.7 Å². The van der Waals surface area contributed by atoms with Gasteiger partial charge in [-0.05, 0) is 100 Å². The van der Waals surface area contributed by atoms with Crippen molar-refractivity contribution >= 4 is 65.4 Å². The Morgan fingerprint density at radius 1 is 0.217 bits per heavy atom. The largest absolute Gasteiger partial charge is 0.309 e. The molecule has 0 saturated carbocycles. The molecule has 0 radical (unpaired) electrons. The first-order chi connectivity index (χ1) is 34.3. The normalized spacial score (nSPS) is 11.8. The lowest BCUT2D eigenvalue weighted by Gasteiger charge is -2.18. The zero-order valence-electron chi connectivity index (χ0n) is 37.7. The second-order valence-electron chi connectivity index (χ2n) is 18.0. The van der Waals surface area contributed by atoms with Crippen LogP contribution in [0.3, 0.4) is 0 Å². The highest BCUT2D eigenvalue weighted by Crippen LogP contribution is 2.45. The minimum absolute atomic E-state index is 1.13. The van der Waals surface area contributed by atoms with Crippen LogP contribution in [0.2, 0.25) is 0 Å². The van der Waals surface area contributed by atoms with E-state index in [9.17, 15) is 0 Å². The Balaban J connectivity index is 1.06. The van der Waals surface area contributed by atoms with Crippen molar-refractivity contribution in [1.29, 1.82) is 0 Å². The van der Waals surface area contributed by atoms with Gasteiger partial charge in [-0.25, -0.2) is 0 Å². The molecule has 14 aromatic rings. The molecule has 14 rings (SSSR count). The van der Waals surface area contributed by atoms with E-state index in [1.165, 1.54) is 93.3 Å². The van der Waals surface area contributed by atoms with Gasteiger partial charge in [-0.2, -0.15) is 0 Å². The number of aromatic nitrogens is 3. The van der Waals surface area contributed by atoms with E-state index in [1.807, 2.05) is 0 Å². The highest BCUT2D eigenvalue weighted by Gasteiger charge is 2.24. The fraction of sp³-hybridized carbons (Fsp3) is 0. The molecule has 3 heterocycles. The molecule has 322 valence electrons. The molecule has 0 aliphatic rings. The van der Waals surface area contributed by atoms with E-state index in [-0.39, 0.29) is 0 Å². The number of para-hydroxylation sites is 4. The predicted octanol–water partition coefficient (Wildman–Crippen LogP) is 17.6. The molecule has 3 heteroatoms. The van der Waals surface area contributed by atoms with Crippen molar-refractivity contribution in [2.75, 3.05) is 0 Å². The van der Waals surface area contributed by atoms with Gasteiger partial charge in [0, 0.05) is 49.1 Å². The Kier molecular flexibility index (Phi) is 8.90. The minimum atomic E-state index is 1.13. The molecule has 69 heavy (non-hydrogen) atoms. The Labute approximate surface area is 399 Å². The third-order valence-electron chi connectivity index (χ3n) is 14.2. The maximum atomic E-state index is 2.51. The fourth-order valence-corrected chi connectivity index (χ4v) is 11.2. The van der Waals surface area contributed by atoms with Crippen molar-refractivity contribution in [2.24, 2.45) is 0 Å².